The molecule has 0 aromatic heterocycles. The summed E-state index contributed by atoms with van der Waals surface area (Å²) < 4.78 is 21.3. The van der Waals surface area contributed by atoms with Crippen LogP contribution in [0.5, 0.6) is 23.0 Å². The van der Waals surface area contributed by atoms with Gasteiger partial charge in [-0.15, -0.1) is 46.4 Å². The first-order valence-electron chi connectivity index (χ1n) is 13.6. The molecule has 4 N–H and O–H groups in total. The summed E-state index contributed by atoms with van der Waals surface area (Å²) in [6.07, 6.45) is -0.262. The second-order valence-corrected chi connectivity index (χ2v) is 10.3. The minimum Gasteiger partial charge on any atom is -0.406 e. The van der Waals surface area contributed by atoms with Gasteiger partial charge in [-0.25, -0.2) is 19.2 Å². The van der Waals surface area contributed by atoms with Crippen LogP contribution >= 0.6 is 46.4 Å². The number of carbonyl (C=O) groups excluding carboxylic acids is 4. The van der Waals surface area contributed by atoms with Gasteiger partial charge in [-0.1, -0.05) is 12.1 Å². The van der Waals surface area contributed by atoms with Crippen molar-refractivity contribution in [2.45, 2.75) is 25.7 Å². The van der Waals surface area contributed by atoms with Crippen molar-refractivity contribution >= 4 is 70.8 Å². The van der Waals surface area contributed by atoms with E-state index in [0.29, 0.717) is 12.8 Å². The lowest BCUT2D eigenvalue weighted by Crippen LogP contribution is -2.30. The Hall–Kier alpha value is -3.32. The minimum absolute atomic E-state index is 0.0584. The van der Waals surface area contributed by atoms with E-state index < -0.39 is 24.4 Å². The van der Waals surface area contributed by atoms with Gasteiger partial charge in [0.25, 0.3) is 0 Å². The van der Waals surface area contributed by atoms with E-state index in [4.69, 9.17) is 65.4 Å². The molecule has 0 unspecified atom stereocenters. The number of ether oxygens (including phenoxy) is 4. The van der Waals surface area contributed by atoms with Crippen molar-refractivity contribution in [2.75, 3.05) is 49.7 Å². The molecule has 0 aliphatic carbocycles. The van der Waals surface area contributed by atoms with Crippen LogP contribution in [-0.4, -0.2) is 74.1 Å². The van der Waals surface area contributed by atoms with E-state index in [1.54, 1.807) is 36.4 Å². The number of hydrogen-bond acceptors (Lipinski definition) is 8. The molecule has 12 nitrogen and oxygen atoms in total. The molecule has 2 aromatic carbocycles. The summed E-state index contributed by atoms with van der Waals surface area (Å²) in [6, 6.07) is 9.86. The number of aryl methyl sites for hydroxylation is 2. The van der Waals surface area contributed by atoms with Gasteiger partial charge in [-0.3, -0.25) is 0 Å². The van der Waals surface area contributed by atoms with Gasteiger partial charge in [0.2, 0.25) is 0 Å². The Balaban J connectivity index is 2.07. The van der Waals surface area contributed by atoms with Gasteiger partial charge in [0.05, 0.1) is 0 Å². The summed E-state index contributed by atoms with van der Waals surface area (Å²) in [4.78, 5) is 48.3. The summed E-state index contributed by atoms with van der Waals surface area (Å²) in [5.41, 5.74) is 1.68. The molecule has 0 saturated heterocycles. The summed E-state index contributed by atoms with van der Waals surface area (Å²) in [5.74, 6) is 1.07. The van der Waals surface area contributed by atoms with Crippen LogP contribution in [-0.2, 0) is 12.8 Å². The zero-order valence-corrected chi connectivity index (χ0v) is 26.8. The zero-order chi connectivity index (χ0) is 32.2. The van der Waals surface area contributed by atoms with Crippen molar-refractivity contribution in [1.29, 1.82) is 0 Å². The Morgan fingerprint density at radius 2 is 0.773 bits per heavy atom. The summed E-state index contributed by atoms with van der Waals surface area (Å²) in [5, 5.41) is 9.93. The summed E-state index contributed by atoms with van der Waals surface area (Å²) in [6.45, 7) is 0.816. The average molecular weight is 696 g/mol. The lowest BCUT2D eigenvalue weighted by Gasteiger charge is -2.14. The number of hydrogen-bond donors (Lipinski definition) is 4. The van der Waals surface area contributed by atoms with Crippen LogP contribution in [0.15, 0.2) is 36.4 Å². The highest BCUT2D eigenvalue weighted by Crippen LogP contribution is 2.31. The Labute approximate surface area is 275 Å². The Bertz CT molecular complexity index is 1140. The Kier molecular flexibility index (Phi) is 17.9. The van der Waals surface area contributed by atoms with E-state index in [2.05, 4.69) is 21.3 Å². The van der Waals surface area contributed by atoms with Crippen LogP contribution in [0, 0.1) is 0 Å². The molecule has 0 aliphatic rings. The predicted octanol–water partition coefficient (Wildman–Crippen LogP) is 5.56. The molecule has 242 valence electrons. The standard InChI is InChI=1S/C28H34Cl4N4O8/c29-9-13-33-25(37)41-21-7-5-19(17-23(21)43-27(39)35-15-11-31)3-1-2-4-20-6-8-22(42-26(38)34-14-10-30)24(18-20)44-28(40)36-16-12-32/h5-8,17-18H,1-4,9-16H2,(H,33,37)(H,34,38)(H,35,39)(H,36,40). The van der Waals surface area contributed by atoms with Gasteiger partial charge in [0.15, 0.2) is 23.0 Å². The molecule has 16 heteroatoms. The number of rotatable bonds is 17. The lowest BCUT2D eigenvalue weighted by molar-refractivity contribution is 0.190. The highest BCUT2D eigenvalue weighted by molar-refractivity contribution is 6.18. The maximum Gasteiger partial charge on any atom is 0.412 e. The first-order valence-corrected chi connectivity index (χ1v) is 15.8. The SMILES string of the molecule is O=C(NCCCl)Oc1ccc(CCCCc2ccc(OC(=O)NCCCl)c(OC(=O)NCCCl)c2)cc1OC(=O)NCCCl. The molecule has 0 atom stereocenters. The number of amides is 4. The fourth-order valence-electron chi connectivity index (χ4n) is 3.54. The Morgan fingerprint density at radius 3 is 1.07 bits per heavy atom. The number of benzene rings is 2. The van der Waals surface area contributed by atoms with Crippen molar-refractivity contribution in [3.05, 3.63) is 47.5 Å². The first kappa shape index (κ1) is 36.9. The smallest absolute Gasteiger partial charge is 0.406 e. The molecule has 0 saturated carbocycles. The molecule has 2 rings (SSSR count). The van der Waals surface area contributed by atoms with E-state index in [0.717, 1.165) is 24.0 Å². The molecule has 0 spiro atoms. The van der Waals surface area contributed by atoms with Crippen LogP contribution in [0.1, 0.15) is 24.0 Å². The van der Waals surface area contributed by atoms with Crippen molar-refractivity contribution in [3.8, 4) is 23.0 Å². The van der Waals surface area contributed by atoms with Gasteiger partial charge < -0.3 is 40.2 Å². The van der Waals surface area contributed by atoms with E-state index in [9.17, 15) is 19.2 Å². The van der Waals surface area contributed by atoms with Crippen LogP contribution in [0.3, 0.4) is 0 Å². The molecule has 0 radical (unpaired) electrons. The van der Waals surface area contributed by atoms with Gasteiger partial charge in [-0.2, -0.15) is 0 Å². The highest BCUT2D eigenvalue weighted by atomic mass is 35.5. The predicted molar refractivity (Wildman–Crippen MR) is 169 cm³/mol. The van der Waals surface area contributed by atoms with E-state index in [1.807, 2.05) is 0 Å². The van der Waals surface area contributed by atoms with Crippen molar-refractivity contribution in [2.24, 2.45) is 0 Å². The third kappa shape index (κ3) is 14.4. The number of halogens is 4. The minimum atomic E-state index is -0.743. The van der Waals surface area contributed by atoms with Crippen LogP contribution in [0.2, 0.25) is 0 Å². The van der Waals surface area contributed by atoms with Crippen LogP contribution < -0.4 is 40.2 Å². The van der Waals surface area contributed by atoms with Crippen LogP contribution in [0.4, 0.5) is 19.2 Å². The molecule has 0 fully saturated rings. The van der Waals surface area contributed by atoms with Gasteiger partial charge in [0, 0.05) is 49.7 Å². The van der Waals surface area contributed by atoms with Crippen molar-refractivity contribution in [1.82, 2.24) is 21.3 Å². The van der Waals surface area contributed by atoms with Gasteiger partial charge in [-0.05, 0) is 61.1 Å². The van der Waals surface area contributed by atoms with Gasteiger partial charge >= 0.3 is 24.4 Å². The molecule has 0 heterocycles. The van der Waals surface area contributed by atoms with E-state index in [1.165, 1.54) is 0 Å². The third-order valence-electron chi connectivity index (χ3n) is 5.46. The normalized spacial score (nSPS) is 10.4. The fourth-order valence-corrected chi connectivity index (χ4v) is 3.92. The van der Waals surface area contributed by atoms with Gasteiger partial charge in [0.1, 0.15) is 0 Å². The largest absolute Gasteiger partial charge is 0.412 e. The second-order valence-electron chi connectivity index (χ2n) is 8.79. The monoisotopic (exact) mass is 694 g/mol. The van der Waals surface area contributed by atoms with Crippen molar-refractivity contribution in [3.63, 3.8) is 0 Å². The highest BCUT2D eigenvalue weighted by Gasteiger charge is 2.16. The molecule has 0 bridgehead atoms. The maximum absolute atomic E-state index is 12.1. The Morgan fingerprint density at radius 1 is 0.477 bits per heavy atom. The lowest BCUT2D eigenvalue weighted by atomic mass is 10.0. The molecule has 0 aliphatic heterocycles. The summed E-state index contributed by atoms with van der Waals surface area (Å²) in [7, 11) is 0. The number of carbonyl (C=O) groups is 4. The second kappa shape index (κ2) is 21.4. The third-order valence-corrected chi connectivity index (χ3v) is 6.22. The number of unbranched alkanes of at least 4 members (excludes halogenated alkanes) is 1. The molecular formula is C28H34Cl4N4O8. The molecule has 2 aromatic rings. The quantitative estimate of drug-likeness (QED) is 0.124. The van der Waals surface area contributed by atoms with Crippen LogP contribution in [0.25, 0.3) is 0 Å². The fraction of sp³-hybridized carbons (Fsp3) is 0.429. The maximum atomic E-state index is 12.1. The summed E-state index contributed by atoms with van der Waals surface area (Å²) >= 11 is 22.4. The molecule has 4 amide bonds. The number of alkyl halides is 4. The topological polar surface area (TPSA) is 153 Å². The first-order chi connectivity index (χ1) is 21.3. The van der Waals surface area contributed by atoms with E-state index in [-0.39, 0.29) is 72.7 Å². The molecular weight excluding hydrogens is 662 g/mol. The number of nitrogens with one attached hydrogen (secondary N) is 4. The zero-order valence-electron chi connectivity index (χ0n) is 23.7. The average Bonchev–Trinajstić information content (AvgIpc) is 3.01. The van der Waals surface area contributed by atoms with Crippen molar-refractivity contribution < 1.29 is 38.1 Å². The molecule has 44 heavy (non-hydrogen) atoms. The van der Waals surface area contributed by atoms with E-state index >= 15 is 0 Å².